The van der Waals surface area contributed by atoms with Crippen LogP contribution in [0, 0.1) is 0 Å². The first-order valence-corrected chi connectivity index (χ1v) is 9.05. The normalized spacial score (nSPS) is 18.6. The summed E-state index contributed by atoms with van der Waals surface area (Å²) < 4.78 is 1.92. The number of hydrogen-bond donors (Lipinski definition) is 1. The van der Waals surface area contributed by atoms with E-state index in [0.29, 0.717) is 11.6 Å². The van der Waals surface area contributed by atoms with Gasteiger partial charge in [-0.15, -0.1) is 0 Å². The van der Waals surface area contributed by atoms with E-state index < -0.39 is 0 Å². The molecule has 7 heteroatoms. The van der Waals surface area contributed by atoms with Gasteiger partial charge in [-0.05, 0) is 43.7 Å². The van der Waals surface area contributed by atoms with Crippen molar-refractivity contribution in [3.63, 3.8) is 0 Å². The molecule has 0 bridgehead atoms. The van der Waals surface area contributed by atoms with Gasteiger partial charge in [-0.3, -0.25) is 9.69 Å². The van der Waals surface area contributed by atoms with Crippen LogP contribution in [0.15, 0.2) is 24.3 Å². The second kappa shape index (κ2) is 7.54. The highest BCUT2D eigenvalue weighted by atomic mass is 35.5. The molecule has 1 aromatic carbocycles. The molecule has 3 rings (SSSR count). The van der Waals surface area contributed by atoms with Crippen LogP contribution in [-0.2, 0) is 4.79 Å². The summed E-state index contributed by atoms with van der Waals surface area (Å²) in [6, 6.07) is 7.62. The van der Waals surface area contributed by atoms with Crippen molar-refractivity contribution < 1.29 is 4.79 Å². The van der Waals surface area contributed by atoms with Gasteiger partial charge in [-0.1, -0.05) is 25.4 Å². The van der Waals surface area contributed by atoms with Crippen molar-refractivity contribution >= 4 is 17.5 Å². The van der Waals surface area contributed by atoms with Crippen molar-refractivity contribution in [3.05, 3.63) is 40.9 Å². The van der Waals surface area contributed by atoms with E-state index in [1.165, 1.54) is 0 Å². The summed E-state index contributed by atoms with van der Waals surface area (Å²) in [7, 11) is 0. The maximum Gasteiger partial charge on any atom is 0.231 e. The Labute approximate surface area is 153 Å². The van der Waals surface area contributed by atoms with Crippen LogP contribution in [0.5, 0.6) is 0 Å². The lowest BCUT2D eigenvalue weighted by Crippen LogP contribution is -2.40. The number of primary amides is 1. The molecule has 0 aliphatic carbocycles. The lowest BCUT2D eigenvalue weighted by atomic mass is 9.97. The number of rotatable bonds is 5. The van der Waals surface area contributed by atoms with Crippen molar-refractivity contribution in [2.75, 3.05) is 19.6 Å². The molecule has 2 aromatic rings. The number of likely N-dealkylation sites (tertiary alicyclic amines) is 1. The van der Waals surface area contributed by atoms with Gasteiger partial charge < -0.3 is 5.73 Å². The van der Waals surface area contributed by atoms with Gasteiger partial charge in [0.15, 0.2) is 5.82 Å². The van der Waals surface area contributed by atoms with Gasteiger partial charge in [-0.2, -0.15) is 5.10 Å². The third-order valence-corrected chi connectivity index (χ3v) is 4.74. The van der Waals surface area contributed by atoms with Crippen LogP contribution in [-0.4, -0.2) is 45.2 Å². The first-order chi connectivity index (χ1) is 11.9. The lowest BCUT2D eigenvalue weighted by molar-refractivity contribution is -0.119. The van der Waals surface area contributed by atoms with Crippen molar-refractivity contribution in [2.24, 2.45) is 5.73 Å². The highest BCUT2D eigenvalue weighted by molar-refractivity contribution is 6.30. The van der Waals surface area contributed by atoms with Gasteiger partial charge >= 0.3 is 0 Å². The zero-order valence-electron chi connectivity index (χ0n) is 14.7. The fraction of sp³-hybridized carbons (Fsp3) is 0.500. The number of aromatic nitrogens is 3. The van der Waals surface area contributed by atoms with Crippen molar-refractivity contribution in [1.29, 1.82) is 0 Å². The van der Waals surface area contributed by atoms with Gasteiger partial charge in [0.2, 0.25) is 5.91 Å². The van der Waals surface area contributed by atoms with Crippen LogP contribution >= 0.6 is 11.6 Å². The predicted octanol–water partition coefficient (Wildman–Crippen LogP) is 2.71. The third-order valence-electron chi connectivity index (χ3n) is 4.49. The Morgan fingerprint density at radius 3 is 2.72 bits per heavy atom. The van der Waals surface area contributed by atoms with E-state index in [1.807, 2.05) is 28.9 Å². The van der Waals surface area contributed by atoms with Crippen LogP contribution in [0.2, 0.25) is 5.02 Å². The summed E-state index contributed by atoms with van der Waals surface area (Å²) in [6.07, 6.45) is 2.04. The number of carbonyl (C=O) groups is 1. The smallest absolute Gasteiger partial charge is 0.231 e. The Balaban J connectivity index is 1.93. The van der Waals surface area contributed by atoms with Crippen molar-refractivity contribution in [3.8, 4) is 5.69 Å². The molecule has 1 aliphatic heterocycles. The summed E-state index contributed by atoms with van der Waals surface area (Å²) >= 11 is 6.02. The molecule has 1 fully saturated rings. The molecule has 2 heterocycles. The molecule has 0 radical (unpaired) electrons. The Morgan fingerprint density at radius 1 is 1.36 bits per heavy atom. The van der Waals surface area contributed by atoms with Gasteiger partial charge in [-0.25, -0.2) is 9.67 Å². The van der Waals surface area contributed by atoms with Gasteiger partial charge in [0.05, 0.1) is 12.2 Å². The van der Waals surface area contributed by atoms with Gasteiger partial charge in [0.25, 0.3) is 0 Å². The topological polar surface area (TPSA) is 77.0 Å². The number of amides is 1. The molecule has 0 saturated carbocycles. The highest BCUT2D eigenvalue weighted by Crippen LogP contribution is 2.28. The molecule has 6 nitrogen and oxygen atoms in total. The number of nitrogens with two attached hydrogens (primary N) is 1. The van der Waals surface area contributed by atoms with E-state index in [4.69, 9.17) is 27.4 Å². The molecule has 1 aromatic heterocycles. The summed E-state index contributed by atoms with van der Waals surface area (Å²) in [5.41, 5.74) is 6.31. The van der Waals surface area contributed by atoms with Crippen LogP contribution in [0.25, 0.3) is 5.69 Å². The first-order valence-electron chi connectivity index (χ1n) is 8.67. The number of halogens is 1. The minimum Gasteiger partial charge on any atom is -0.369 e. The van der Waals surface area contributed by atoms with Gasteiger partial charge in [0, 0.05) is 23.4 Å². The second-order valence-electron chi connectivity index (χ2n) is 6.91. The SMILES string of the molecule is CC(C)c1nc(C2CCCN(CC(N)=O)C2)n(-c2ccc(Cl)cc2)n1. The maximum atomic E-state index is 11.3. The third kappa shape index (κ3) is 4.19. The van der Waals surface area contributed by atoms with Crippen LogP contribution < -0.4 is 5.73 Å². The fourth-order valence-electron chi connectivity index (χ4n) is 3.25. The minimum atomic E-state index is -0.289. The Bertz CT molecular complexity index is 740. The van der Waals surface area contributed by atoms with Crippen LogP contribution in [0.4, 0.5) is 0 Å². The quantitative estimate of drug-likeness (QED) is 0.888. The summed E-state index contributed by atoms with van der Waals surface area (Å²) in [5, 5.41) is 5.42. The highest BCUT2D eigenvalue weighted by Gasteiger charge is 2.28. The zero-order chi connectivity index (χ0) is 18.0. The van der Waals surface area contributed by atoms with Crippen molar-refractivity contribution in [1.82, 2.24) is 19.7 Å². The van der Waals surface area contributed by atoms with E-state index in [9.17, 15) is 4.79 Å². The monoisotopic (exact) mass is 361 g/mol. The number of benzene rings is 1. The molecular formula is C18H24ClN5O. The standard InChI is InChI=1S/C18H24ClN5O/c1-12(2)17-21-18(13-4-3-9-23(10-13)11-16(20)25)24(22-17)15-7-5-14(19)6-8-15/h5-8,12-13H,3-4,9-11H2,1-2H3,(H2,20,25). The molecule has 2 N–H and O–H groups in total. The summed E-state index contributed by atoms with van der Waals surface area (Å²) in [4.78, 5) is 18.2. The van der Waals surface area contributed by atoms with E-state index in [-0.39, 0.29) is 17.7 Å². The largest absolute Gasteiger partial charge is 0.369 e. The molecule has 1 unspecified atom stereocenters. The van der Waals surface area contributed by atoms with E-state index in [0.717, 1.165) is 43.3 Å². The molecule has 1 atom stereocenters. The number of piperidine rings is 1. The molecule has 134 valence electrons. The average molecular weight is 362 g/mol. The Kier molecular flexibility index (Phi) is 5.39. The Morgan fingerprint density at radius 2 is 2.08 bits per heavy atom. The van der Waals surface area contributed by atoms with E-state index in [2.05, 4.69) is 18.7 Å². The lowest BCUT2D eigenvalue weighted by Gasteiger charge is -2.31. The van der Waals surface area contributed by atoms with Crippen molar-refractivity contribution in [2.45, 2.75) is 38.5 Å². The molecule has 1 amide bonds. The Hall–Kier alpha value is -1.92. The first kappa shape index (κ1) is 17.9. The molecule has 25 heavy (non-hydrogen) atoms. The van der Waals surface area contributed by atoms with Crippen LogP contribution in [0.1, 0.15) is 50.2 Å². The second-order valence-corrected chi connectivity index (χ2v) is 7.35. The molecule has 1 saturated heterocycles. The molecule has 0 spiro atoms. The fourth-order valence-corrected chi connectivity index (χ4v) is 3.38. The zero-order valence-corrected chi connectivity index (χ0v) is 15.4. The van der Waals surface area contributed by atoms with E-state index in [1.54, 1.807) is 0 Å². The number of nitrogens with zero attached hydrogens (tertiary/aromatic N) is 4. The molecule has 1 aliphatic rings. The number of hydrogen-bond acceptors (Lipinski definition) is 4. The predicted molar refractivity (Wildman–Crippen MR) is 98.1 cm³/mol. The van der Waals surface area contributed by atoms with Gasteiger partial charge in [0.1, 0.15) is 5.82 Å². The molecular weight excluding hydrogens is 338 g/mol. The van der Waals surface area contributed by atoms with Crippen LogP contribution in [0.3, 0.4) is 0 Å². The number of carbonyl (C=O) groups excluding carboxylic acids is 1. The maximum absolute atomic E-state index is 11.3. The summed E-state index contributed by atoms with van der Waals surface area (Å²) in [5.74, 6) is 1.96. The minimum absolute atomic E-state index is 0.226. The van der Waals surface area contributed by atoms with E-state index >= 15 is 0 Å². The summed E-state index contributed by atoms with van der Waals surface area (Å²) in [6.45, 7) is 6.14. The average Bonchev–Trinajstić information content (AvgIpc) is 3.01.